The first kappa shape index (κ1) is 16.7. The quantitative estimate of drug-likeness (QED) is 0.693. The van der Waals surface area contributed by atoms with Gasteiger partial charge in [0.2, 0.25) is 5.91 Å². The van der Waals surface area contributed by atoms with E-state index in [1.165, 1.54) is 5.57 Å². The van der Waals surface area contributed by atoms with Crippen molar-refractivity contribution in [2.24, 2.45) is 11.8 Å². The van der Waals surface area contributed by atoms with Crippen LogP contribution in [0, 0.1) is 11.8 Å². The zero-order valence-electron chi connectivity index (χ0n) is 15.9. The second kappa shape index (κ2) is 5.45. The van der Waals surface area contributed by atoms with Crippen molar-refractivity contribution in [3.05, 3.63) is 35.4 Å². The lowest BCUT2D eigenvalue weighted by Crippen LogP contribution is -2.66. The van der Waals surface area contributed by atoms with Gasteiger partial charge in [-0.1, -0.05) is 17.7 Å². The van der Waals surface area contributed by atoms with Gasteiger partial charge in [0.25, 0.3) is 0 Å². The minimum Gasteiger partial charge on any atom is -0.508 e. The highest BCUT2D eigenvalue weighted by Crippen LogP contribution is 2.60. The maximum Gasteiger partial charge on any atom is 0.229 e. The number of piperidine rings is 1. The molecule has 5 heterocycles. The number of phenolic OH excluding ortho intramolecular Hbond substituents is 1. The number of nitrogens with zero attached hydrogens (tertiary/aromatic N) is 2. The molecule has 0 radical (unpaired) electrons. The molecule has 5 aliphatic heterocycles. The summed E-state index contributed by atoms with van der Waals surface area (Å²) in [5.74, 6) is 0.616. The second-order valence-corrected chi connectivity index (χ2v) is 9.04. The molecule has 4 fully saturated rings. The largest absolute Gasteiger partial charge is 0.508 e. The summed E-state index contributed by atoms with van der Waals surface area (Å²) in [7, 11) is 2.11. The van der Waals surface area contributed by atoms with Crippen LogP contribution < -0.4 is 4.90 Å². The SMILES string of the molecule is CN1CC[C@]23C(=O)C[C@H]4C(=CCO[C@H]5CC(=O)N(c6cc(O)ccc62)[C@H]3[C@H]54)C1. The van der Waals surface area contributed by atoms with Crippen molar-refractivity contribution in [3.8, 4) is 5.75 Å². The molecule has 1 amide bonds. The maximum absolute atomic E-state index is 13.8. The molecule has 1 spiro atoms. The standard InChI is InChI=1S/C22H24N2O4/c1-23-6-5-22-15-3-2-13(25)8-16(15)24-19(27)10-17-20(21(22)24)14(9-18(22)26)12(11-23)4-7-28-17/h2-4,8,14,17,20-21,25H,5-7,9-11H2,1H3/t14-,17-,20-,21-,22+/m0/s1. The molecule has 0 unspecified atom stereocenters. The molecule has 6 heteroatoms. The van der Waals surface area contributed by atoms with Crippen LogP contribution in [0.15, 0.2) is 29.8 Å². The van der Waals surface area contributed by atoms with Crippen LogP contribution in [0.4, 0.5) is 5.69 Å². The van der Waals surface area contributed by atoms with Gasteiger partial charge in [-0.3, -0.25) is 9.59 Å². The molecule has 0 aromatic heterocycles. The molecule has 146 valence electrons. The lowest BCUT2D eigenvalue weighted by atomic mass is 9.55. The summed E-state index contributed by atoms with van der Waals surface area (Å²) in [6, 6.07) is 4.98. The van der Waals surface area contributed by atoms with Crippen molar-refractivity contribution >= 4 is 17.4 Å². The summed E-state index contributed by atoms with van der Waals surface area (Å²) in [5, 5.41) is 10.1. The smallest absolute Gasteiger partial charge is 0.229 e. The molecule has 6 nitrogen and oxygen atoms in total. The molecule has 7 rings (SSSR count). The number of ether oxygens (including phenoxy) is 1. The van der Waals surface area contributed by atoms with E-state index in [4.69, 9.17) is 4.74 Å². The number of amides is 1. The molecule has 1 N–H and O–H groups in total. The Morgan fingerprint density at radius 1 is 1.25 bits per heavy atom. The van der Waals surface area contributed by atoms with Crippen molar-refractivity contribution < 1.29 is 19.4 Å². The van der Waals surface area contributed by atoms with Crippen LogP contribution in [0.3, 0.4) is 0 Å². The summed E-state index contributed by atoms with van der Waals surface area (Å²) in [6.45, 7) is 2.16. The summed E-state index contributed by atoms with van der Waals surface area (Å²) < 4.78 is 6.17. The third kappa shape index (κ3) is 1.90. The molecular formula is C22H24N2O4. The van der Waals surface area contributed by atoms with Gasteiger partial charge in [-0.15, -0.1) is 0 Å². The number of hydrogen-bond acceptors (Lipinski definition) is 5. The van der Waals surface area contributed by atoms with Gasteiger partial charge in [0.05, 0.1) is 36.3 Å². The first-order chi connectivity index (χ1) is 13.5. The highest BCUT2D eigenvalue weighted by Gasteiger charge is 2.67. The highest BCUT2D eigenvalue weighted by molar-refractivity contribution is 6.06. The van der Waals surface area contributed by atoms with E-state index < -0.39 is 5.41 Å². The molecule has 4 bridgehead atoms. The Kier molecular flexibility index (Phi) is 3.26. The van der Waals surface area contributed by atoms with Crippen LogP contribution in [0.25, 0.3) is 0 Å². The first-order valence-corrected chi connectivity index (χ1v) is 10.2. The van der Waals surface area contributed by atoms with Crippen LogP contribution in [0.1, 0.15) is 24.8 Å². The van der Waals surface area contributed by atoms with Crippen molar-refractivity contribution in [1.29, 1.82) is 0 Å². The third-order valence-corrected chi connectivity index (χ3v) is 7.78. The highest BCUT2D eigenvalue weighted by atomic mass is 16.5. The van der Waals surface area contributed by atoms with E-state index in [0.29, 0.717) is 25.9 Å². The Bertz CT molecular complexity index is 940. The number of rotatable bonds is 0. The molecule has 6 aliphatic rings. The summed E-state index contributed by atoms with van der Waals surface area (Å²) in [4.78, 5) is 31.2. The van der Waals surface area contributed by atoms with Gasteiger partial charge in [0.1, 0.15) is 11.5 Å². The van der Waals surface area contributed by atoms with Gasteiger partial charge in [-0.05, 0) is 37.6 Å². The second-order valence-electron chi connectivity index (χ2n) is 9.04. The predicted molar refractivity (Wildman–Crippen MR) is 102 cm³/mol. The minimum atomic E-state index is -0.698. The van der Waals surface area contributed by atoms with Gasteiger partial charge < -0.3 is 19.6 Å². The van der Waals surface area contributed by atoms with Crippen molar-refractivity contribution in [1.82, 2.24) is 4.90 Å². The Morgan fingerprint density at radius 3 is 2.96 bits per heavy atom. The fourth-order valence-electron chi connectivity index (χ4n) is 6.68. The molecule has 1 saturated carbocycles. The Labute approximate surface area is 163 Å². The number of phenols is 1. The number of benzene rings is 1. The summed E-state index contributed by atoms with van der Waals surface area (Å²) in [5.41, 5.74) is 2.22. The van der Waals surface area contributed by atoms with Gasteiger partial charge in [0.15, 0.2) is 0 Å². The van der Waals surface area contributed by atoms with Crippen LogP contribution in [-0.4, -0.2) is 60.6 Å². The van der Waals surface area contributed by atoms with Gasteiger partial charge in [-0.2, -0.15) is 0 Å². The fourth-order valence-corrected chi connectivity index (χ4v) is 6.68. The van der Waals surface area contributed by atoms with Crippen LogP contribution in [-0.2, 0) is 19.7 Å². The van der Waals surface area contributed by atoms with Crippen molar-refractivity contribution in [3.63, 3.8) is 0 Å². The number of ketones is 1. The third-order valence-electron chi connectivity index (χ3n) is 7.78. The lowest BCUT2D eigenvalue weighted by Gasteiger charge is -2.53. The van der Waals surface area contributed by atoms with E-state index in [1.807, 2.05) is 11.0 Å². The lowest BCUT2D eigenvalue weighted by molar-refractivity contribution is -0.140. The van der Waals surface area contributed by atoms with Gasteiger partial charge in [-0.25, -0.2) is 0 Å². The van der Waals surface area contributed by atoms with E-state index in [2.05, 4.69) is 18.0 Å². The van der Waals surface area contributed by atoms with E-state index >= 15 is 0 Å². The number of hydrogen-bond donors (Lipinski definition) is 1. The molecular weight excluding hydrogens is 356 g/mol. The van der Waals surface area contributed by atoms with E-state index in [0.717, 1.165) is 24.3 Å². The van der Waals surface area contributed by atoms with Crippen LogP contribution in [0.5, 0.6) is 5.75 Å². The number of anilines is 1. The first-order valence-electron chi connectivity index (χ1n) is 10.2. The van der Waals surface area contributed by atoms with Crippen molar-refractivity contribution in [2.75, 3.05) is 31.6 Å². The van der Waals surface area contributed by atoms with E-state index in [1.54, 1.807) is 12.1 Å². The zero-order valence-corrected chi connectivity index (χ0v) is 15.9. The number of aromatic hydroxyl groups is 1. The maximum atomic E-state index is 13.8. The topological polar surface area (TPSA) is 70.1 Å². The molecule has 28 heavy (non-hydrogen) atoms. The van der Waals surface area contributed by atoms with Crippen LogP contribution in [0.2, 0.25) is 0 Å². The monoisotopic (exact) mass is 380 g/mol. The predicted octanol–water partition coefficient (Wildman–Crippen LogP) is 1.61. The average Bonchev–Trinajstić information content (AvgIpc) is 2.89. The van der Waals surface area contributed by atoms with Gasteiger partial charge in [0, 0.05) is 24.9 Å². The number of likely N-dealkylation sites (N-methyl/N-ethyl adjacent to an activating group) is 1. The molecule has 1 aliphatic carbocycles. The Morgan fingerprint density at radius 2 is 2.11 bits per heavy atom. The normalized spacial score (nSPS) is 39.0. The van der Waals surface area contributed by atoms with Crippen molar-refractivity contribution in [2.45, 2.75) is 36.8 Å². The zero-order chi connectivity index (χ0) is 19.2. The Hall–Kier alpha value is -2.18. The Balaban J connectivity index is 1.66. The number of carbonyl (C=O) groups excluding carboxylic acids is 2. The number of Topliss-reactive ketones (excluding diaryl/α,β-unsaturated/α-hetero) is 1. The molecule has 5 atom stereocenters. The molecule has 1 aromatic carbocycles. The summed E-state index contributed by atoms with van der Waals surface area (Å²) in [6.07, 6.45) is 3.55. The number of carbonyl (C=O) groups is 2. The van der Waals surface area contributed by atoms with Crippen LogP contribution >= 0.6 is 0 Å². The van der Waals surface area contributed by atoms with E-state index in [-0.39, 0.29) is 41.4 Å². The van der Waals surface area contributed by atoms with E-state index in [9.17, 15) is 14.7 Å². The summed E-state index contributed by atoms with van der Waals surface area (Å²) >= 11 is 0. The molecule has 1 aromatic rings. The number of fused-ring (bicyclic) bond motifs is 6. The van der Waals surface area contributed by atoms with Gasteiger partial charge >= 0.3 is 0 Å². The molecule has 3 saturated heterocycles. The minimum absolute atomic E-state index is 0.00414. The fraction of sp³-hybridized carbons (Fsp3) is 0.545. The average molecular weight is 380 g/mol.